The number of aryl methyl sites for hydroxylation is 2. The smallest absolute Gasteiger partial charge is 0.125 e. The van der Waals surface area contributed by atoms with Gasteiger partial charge in [-0.3, -0.25) is 0 Å². The summed E-state index contributed by atoms with van der Waals surface area (Å²) in [5.74, 6) is 1.000. The van der Waals surface area contributed by atoms with Gasteiger partial charge in [0.15, 0.2) is 0 Å². The molecule has 19 heavy (non-hydrogen) atoms. The Hall–Kier alpha value is -1.96. The Balaban J connectivity index is 2.48. The van der Waals surface area contributed by atoms with Gasteiger partial charge in [-0.25, -0.2) is 0 Å². The van der Waals surface area contributed by atoms with Crippen LogP contribution < -0.4 is 10.5 Å². The first kappa shape index (κ1) is 13.5. The standard InChI is InChI=1S/C17H21NO/c1-11-8-12(2)16(17(19-4)13(11)3)10-14-6-5-7-15(18)9-14/h5-9H,10,18H2,1-4H3. The van der Waals surface area contributed by atoms with Crippen LogP contribution in [0.2, 0.25) is 0 Å². The highest BCUT2D eigenvalue weighted by molar-refractivity contribution is 5.52. The van der Waals surface area contributed by atoms with Crippen LogP contribution in [0.3, 0.4) is 0 Å². The predicted octanol–water partition coefficient (Wildman–Crippen LogP) is 3.79. The number of ether oxygens (including phenoxy) is 1. The average Bonchev–Trinajstić information content (AvgIpc) is 2.36. The zero-order valence-electron chi connectivity index (χ0n) is 12.1. The minimum atomic E-state index is 0.804. The Morgan fingerprint density at radius 2 is 1.79 bits per heavy atom. The zero-order valence-corrected chi connectivity index (χ0v) is 12.1. The maximum absolute atomic E-state index is 5.84. The normalized spacial score (nSPS) is 10.5. The van der Waals surface area contributed by atoms with Crippen molar-refractivity contribution in [2.75, 3.05) is 12.8 Å². The second kappa shape index (κ2) is 5.35. The number of rotatable bonds is 3. The average molecular weight is 255 g/mol. The van der Waals surface area contributed by atoms with E-state index in [1.54, 1.807) is 7.11 Å². The molecule has 0 aliphatic rings. The van der Waals surface area contributed by atoms with Crippen molar-refractivity contribution >= 4 is 5.69 Å². The Kier molecular flexibility index (Phi) is 3.79. The van der Waals surface area contributed by atoms with Crippen LogP contribution in [0.25, 0.3) is 0 Å². The van der Waals surface area contributed by atoms with Gasteiger partial charge >= 0.3 is 0 Å². The molecule has 0 saturated heterocycles. The van der Waals surface area contributed by atoms with Crippen molar-refractivity contribution < 1.29 is 4.74 Å². The highest BCUT2D eigenvalue weighted by Crippen LogP contribution is 2.31. The van der Waals surface area contributed by atoms with E-state index in [9.17, 15) is 0 Å². The Labute approximate surface area is 115 Å². The van der Waals surface area contributed by atoms with Crippen molar-refractivity contribution in [1.29, 1.82) is 0 Å². The molecular formula is C17H21NO. The second-order valence-corrected chi connectivity index (χ2v) is 5.07. The van der Waals surface area contributed by atoms with Crippen molar-refractivity contribution in [2.45, 2.75) is 27.2 Å². The van der Waals surface area contributed by atoms with E-state index < -0.39 is 0 Å². The Morgan fingerprint density at radius 1 is 1.05 bits per heavy atom. The number of anilines is 1. The van der Waals surface area contributed by atoms with Crippen LogP contribution in [0.4, 0.5) is 5.69 Å². The van der Waals surface area contributed by atoms with Gasteiger partial charge in [-0.1, -0.05) is 18.2 Å². The van der Waals surface area contributed by atoms with Gasteiger partial charge in [-0.2, -0.15) is 0 Å². The SMILES string of the molecule is COc1c(C)c(C)cc(C)c1Cc1cccc(N)c1. The van der Waals surface area contributed by atoms with Crippen LogP contribution in [0.1, 0.15) is 27.8 Å². The molecule has 0 bridgehead atoms. The molecule has 0 radical (unpaired) electrons. The molecule has 0 heterocycles. The Morgan fingerprint density at radius 3 is 2.42 bits per heavy atom. The molecule has 2 N–H and O–H groups in total. The number of nitrogen functional groups attached to an aromatic ring is 1. The summed E-state index contributed by atoms with van der Waals surface area (Å²) in [5, 5.41) is 0. The van der Waals surface area contributed by atoms with Gasteiger partial charge in [-0.05, 0) is 55.2 Å². The quantitative estimate of drug-likeness (QED) is 0.847. The van der Waals surface area contributed by atoms with E-state index in [-0.39, 0.29) is 0 Å². The minimum absolute atomic E-state index is 0.804. The summed E-state index contributed by atoms with van der Waals surface area (Å²) < 4.78 is 5.61. The number of hydrogen-bond donors (Lipinski definition) is 1. The van der Waals surface area contributed by atoms with Crippen molar-refractivity contribution in [2.24, 2.45) is 0 Å². The molecule has 100 valence electrons. The third-order valence-electron chi connectivity index (χ3n) is 3.65. The van der Waals surface area contributed by atoms with Crippen molar-refractivity contribution in [3.63, 3.8) is 0 Å². The van der Waals surface area contributed by atoms with Gasteiger partial charge in [0, 0.05) is 17.7 Å². The molecular weight excluding hydrogens is 234 g/mol. The third-order valence-corrected chi connectivity index (χ3v) is 3.65. The van der Waals surface area contributed by atoms with E-state index in [4.69, 9.17) is 10.5 Å². The topological polar surface area (TPSA) is 35.2 Å². The van der Waals surface area contributed by atoms with Crippen LogP contribution in [0.5, 0.6) is 5.75 Å². The number of hydrogen-bond acceptors (Lipinski definition) is 2. The first-order chi connectivity index (χ1) is 9.02. The van der Waals surface area contributed by atoms with E-state index in [0.717, 1.165) is 17.9 Å². The summed E-state index contributed by atoms with van der Waals surface area (Å²) in [4.78, 5) is 0. The lowest BCUT2D eigenvalue weighted by Crippen LogP contribution is -2.01. The van der Waals surface area contributed by atoms with Gasteiger partial charge in [0.25, 0.3) is 0 Å². The van der Waals surface area contributed by atoms with Gasteiger partial charge in [-0.15, -0.1) is 0 Å². The predicted molar refractivity (Wildman–Crippen MR) is 80.9 cm³/mol. The molecule has 0 spiro atoms. The molecule has 0 unspecified atom stereocenters. The zero-order chi connectivity index (χ0) is 14.0. The summed E-state index contributed by atoms with van der Waals surface area (Å²) in [6.07, 6.45) is 0.848. The molecule has 0 aliphatic heterocycles. The lowest BCUT2D eigenvalue weighted by Gasteiger charge is -2.17. The van der Waals surface area contributed by atoms with Gasteiger partial charge in [0.05, 0.1) is 7.11 Å². The van der Waals surface area contributed by atoms with Crippen molar-refractivity contribution in [3.05, 3.63) is 58.1 Å². The van der Waals surface area contributed by atoms with Gasteiger partial charge in [0.1, 0.15) is 5.75 Å². The van der Waals surface area contributed by atoms with Gasteiger partial charge < -0.3 is 10.5 Å². The number of methoxy groups -OCH3 is 1. The van der Waals surface area contributed by atoms with E-state index in [1.807, 2.05) is 18.2 Å². The van der Waals surface area contributed by atoms with E-state index in [0.29, 0.717) is 0 Å². The van der Waals surface area contributed by atoms with Crippen LogP contribution in [0.15, 0.2) is 30.3 Å². The summed E-state index contributed by atoms with van der Waals surface area (Å²) in [5.41, 5.74) is 12.9. The fraction of sp³-hybridized carbons (Fsp3) is 0.294. The highest BCUT2D eigenvalue weighted by Gasteiger charge is 2.12. The largest absolute Gasteiger partial charge is 0.496 e. The number of benzene rings is 2. The van der Waals surface area contributed by atoms with Crippen molar-refractivity contribution in [1.82, 2.24) is 0 Å². The fourth-order valence-corrected chi connectivity index (χ4v) is 2.51. The first-order valence-electron chi connectivity index (χ1n) is 6.51. The van der Waals surface area contributed by atoms with Crippen LogP contribution in [-0.2, 0) is 6.42 Å². The molecule has 0 atom stereocenters. The molecule has 0 aliphatic carbocycles. The van der Waals surface area contributed by atoms with Crippen LogP contribution in [0, 0.1) is 20.8 Å². The van der Waals surface area contributed by atoms with Crippen LogP contribution in [-0.4, -0.2) is 7.11 Å². The van der Waals surface area contributed by atoms with E-state index in [1.165, 1.54) is 27.8 Å². The van der Waals surface area contributed by atoms with E-state index in [2.05, 4.69) is 32.9 Å². The molecule has 0 aromatic heterocycles. The van der Waals surface area contributed by atoms with Crippen molar-refractivity contribution in [3.8, 4) is 5.75 Å². The summed E-state index contributed by atoms with van der Waals surface area (Å²) in [6.45, 7) is 6.36. The lowest BCUT2D eigenvalue weighted by molar-refractivity contribution is 0.406. The third kappa shape index (κ3) is 2.73. The molecule has 0 amide bonds. The summed E-state index contributed by atoms with van der Waals surface area (Å²) in [7, 11) is 1.74. The fourth-order valence-electron chi connectivity index (χ4n) is 2.51. The lowest BCUT2D eigenvalue weighted by atomic mass is 9.94. The van der Waals surface area contributed by atoms with Gasteiger partial charge in [0.2, 0.25) is 0 Å². The Bertz CT molecular complexity index is 602. The molecule has 2 rings (SSSR count). The highest BCUT2D eigenvalue weighted by atomic mass is 16.5. The molecule has 0 saturated carbocycles. The maximum atomic E-state index is 5.84. The first-order valence-corrected chi connectivity index (χ1v) is 6.51. The molecule has 0 fully saturated rings. The van der Waals surface area contributed by atoms with E-state index >= 15 is 0 Å². The summed E-state index contributed by atoms with van der Waals surface area (Å²) >= 11 is 0. The monoisotopic (exact) mass is 255 g/mol. The van der Waals surface area contributed by atoms with Crippen LogP contribution >= 0.6 is 0 Å². The number of nitrogens with two attached hydrogens (primary N) is 1. The molecule has 2 aromatic carbocycles. The molecule has 2 heteroatoms. The maximum Gasteiger partial charge on any atom is 0.125 e. The molecule has 2 nitrogen and oxygen atoms in total. The second-order valence-electron chi connectivity index (χ2n) is 5.07. The molecule has 2 aromatic rings. The minimum Gasteiger partial charge on any atom is -0.496 e. The summed E-state index contributed by atoms with van der Waals surface area (Å²) in [6, 6.07) is 10.2.